The summed E-state index contributed by atoms with van der Waals surface area (Å²) in [7, 11) is 0. The third-order valence-corrected chi connectivity index (χ3v) is 4.64. The van der Waals surface area contributed by atoms with E-state index in [1.54, 1.807) is 0 Å². The smallest absolute Gasteiger partial charge is 0.251 e. The van der Waals surface area contributed by atoms with E-state index in [1.807, 2.05) is 80.9 Å². The van der Waals surface area contributed by atoms with Gasteiger partial charge in [0.2, 0.25) is 0 Å². The second-order valence-electron chi connectivity index (χ2n) is 6.99. The van der Waals surface area contributed by atoms with Crippen molar-refractivity contribution in [3.63, 3.8) is 0 Å². The average molecular weight is 377 g/mol. The van der Waals surface area contributed by atoms with E-state index < -0.39 is 0 Å². The van der Waals surface area contributed by atoms with E-state index in [2.05, 4.69) is 16.5 Å². The van der Waals surface area contributed by atoms with Crippen molar-refractivity contribution in [3.8, 4) is 5.75 Å². The van der Waals surface area contributed by atoms with Crippen molar-refractivity contribution >= 4 is 5.91 Å². The number of nitrogens with zero attached hydrogens (tertiary/aromatic N) is 2. The molecule has 5 nitrogen and oxygen atoms in total. The maximum Gasteiger partial charge on any atom is 0.251 e. The first-order valence-corrected chi connectivity index (χ1v) is 9.60. The first-order valence-electron chi connectivity index (χ1n) is 9.60. The van der Waals surface area contributed by atoms with Crippen LogP contribution in [0.5, 0.6) is 5.75 Å². The lowest BCUT2D eigenvalue weighted by Gasteiger charge is -2.16. The minimum atomic E-state index is -0.118. The molecule has 1 atom stereocenters. The normalized spacial score (nSPS) is 11.9. The quantitative estimate of drug-likeness (QED) is 0.662. The Labute approximate surface area is 166 Å². The van der Waals surface area contributed by atoms with Crippen LogP contribution in [0.4, 0.5) is 0 Å². The highest BCUT2D eigenvalue weighted by molar-refractivity contribution is 5.94. The number of carbonyl (C=O) groups excluding carboxylic acids is 1. The fraction of sp³-hybridized carbons (Fsp3) is 0.304. The van der Waals surface area contributed by atoms with E-state index in [9.17, 15) is 4.79 Å². The molecule has 5 heteroatoms. The molecule has 0 aliphatic heterocycles. The fourth-order valence-electron chi connectivity index (χ4n) is 3.22. The molecular weight excluding hydrogens is 350 g/mol. The van der Waals surface area contributed by atoms with Gasteiger partial charge in [0.25, 0.3) is 5.91 Å². The van der Waals surface area contributed by atoms with Crippen LogP contribution in [0.1, 0.15) is 52.8 Å². The Morgan fingerprint density at radius 3 is 2.64 bits per heavy atom. The lowest BCUT2D eigenvalue weighted by molar-refractivity contribution is 0.0939. The lowest BCUT2D eigenvalue weighted by atomic mass is 10.1. The summed E-state index contributed by atoms with van der Waals surface area (Å²) in [6.07, 6.45) is 0. The Balaban J connectivity index is 1.70. The van der Waals surface area contributed by atoms with Gasteiger partial charge in [-0.2, -0.15) is 5.10 Å². The minimum absolute atomic E-state index is 0.0930. The predicted molar refractivity (Wildman–Crippen MR) is 111 cm³/mol. The molecule has 0 saturated carbocycles. The third kappa shape index (κ3) is 4.80. The van der Waals surface area contributed by atoms with Gasteiger partial charge in [0.05, 0.1) is 24.9 Å². The number of amides is 1. The maximum absolute atomic E-state index is 12.7. The first-order chi connectivity index (χ1) is 13.5. The summed E-state index contributed by atoms with van der Waals surface area (Å²) < 4.78 is 7.50. The molecule has 1 amide bonds. The largest absolute Gasteiger partial charge is 0.494 e. The molecule has 0 radical (unpaired) electrons. The van der Waals surface area contributed by atoms with Crippen molar-refractivity contribution in [2.24, 2.45) is 0 Å². The zero-order valence-corrected chi connectivity index (χ0v) is 16.9. The Bertz CT molecular complexity index is 962. The molecule has 1 heterocycles. The van der Waals surface area contributed by atoms with E-state index in [0.29, 0.717) is 18.7 Å². The molecule has 0 saturated heterocycles. The van der Waals surface area contributed by atoms with Crippen molar-refractivity contribution in [2.45, 2.75) is 40.3 Å². The third-order valence-electron chi connectivity index (χ3n) is 4.64. The molecular formula is C23H27N3O2. The molecule has 1 unspecified atom stereocenters. The number of benzene rings is 2. The molecule has 2 aromatic carbocycles. The van der Waals surface area contributed by atoms with Crippen molar-refractivity contribution in [1.29, 1.82) is 0 Å². The van der Waals surface area contributed by atoms with Crippen LogP contribution < -0.4 is 10.1 Å². The van der Waals surface area contributed by atoms with Crippen LogP contribution in [0.25, 0.3) is 0 Å². The van der Waals surface area contributed by atoms with Gasteiger partial charge in [-0.25, -0.2) is 0 Å². The van der Waals surface area contributed by atoms with Crippen LogP contribution in [0.3, 0.4) is 0 Å². The number of hydrogen-bond acceptors (Lipinski definition) is 3. The summed E-state index contributed by atoms with van der Waals surface area (Å²) in [5.41, 5.74) is 4.81. The molecule has 1 aromatic heterocycles. The second-order valence-corrected chi connectivity index (χ2v) is 6.99. The maximum atomic E-state index is 12.7. The highest BCUT2D eigenvalue weighted by atomic mass is 16.5. The number of ether oxygens (including phenoxy) is 1. The van der Waals surface area contributed by atoms with Crippen LogP contribution >= 0.6 is 0 Å². The molecule has 0 aliphatic rings. The molecule has 1 N–H and O–H groups in total. The molecule has 0 fully saturated rings. The number of nitrogens with one attached hydrogen (secondary N) is 1. The van der Waals surface area contributed by atoms with E-state index in [1.165, 1.54) is 0 Å². The Morgan fingerprint density at radius 1 is 1.14 bits per heavy atom. The number of hydrogen-bond donors (Lipinski definition) is 1. The number of rotatable bonds is 7. The van der Waals surface area contributed by atoms with Crippen molar-refractivity contribution < 1.29 is 9.53 Å². The van der Waals surface area contributed by atoms with Gasteiger partial charge >= 0.3 is 0 Å². The zero-order chi connectivity index (χ0) is 20.1. The summed E-state index contributed by atoms with van der Waals surface area (Å²) in [6, 6.07) is 17.4. The molecule has 0 spiro atoms. The Kier molecular flexibility index (Phi) is 6.14. The van der Waals surface area contributed by atoms with Crippen LogP contribution in [-0.4, -0.2) is 22.3 Å². The van der Waals surface area contributed by atoms with Crippen LogP contribution in [0.15, 0.2) is 54.6 Å². The van der Waals surface area contributed by atoms with Gasteiger partial charge in [0.15, 0.2) is 0 Å². The molecule has 146 valence electrons. The summed E-state index contributed by atoms with van der Waals surface area (Å²) >= 11 is 0. The summed E-state index contributed by atoms with van der Waals surface area (Å²) in [5.74, 6) is 0.720. The molecule has 3 rings (SSSR count). The highest BCUT2D eigenvalue weighted by Gasteiger charge is 2.13. The Hall–Kier alpha value is -3.08. The SMILES string of the molecule is CCOc1cccc(C(C)NC(=O)c2cccc(Cn3nc(C)cc3C)c2)c1. The van der Waals surface area contributed by atoms with Crippen molar-refractivity contribution in [1.82, 2.24) is 15.1 Å². The number of aromatic nitrogens is 2. The summed E-state index contributed by atoms with van der Waals surface area (Å²) in [4.78, 5) is 12.7. The fourth-order valence-corrected chi connectivity index (χ4v) is 3.22. The van der Waals surface area contributed by atoms with E-state index in [4.69, 9.17) is 4.74 Å². The van der Waals surface area contributed by atoms with E-state index in [0.717, 1.165) is 28.3 Å². The molecule has 3 aromatic rings. The van der Waals surface area contributed by atoms with Gasteiger partial charge in [0, 0.05) is 11.3 Å². The summed E-state index contributed by atoms with van der Waals surface area (Å²) in [5, 5.41) is 7.57. The van der Waals surface area contributed by atoms with Crippen molar-refractivity contribution in [3.05, 3.63) is 82.7 Å². The van der Waals surface area contributed by atoms with Crippen LogP contribution in [-0.2, 0) is 6.54 Å². The highest BCUT2D eigenvalue weighted by Crippen LogP contribution is 2.20. The van der Waals surface area contributed by atoms with E-state index in [-0.39, 0.29) is 11.9 Å². The average Bonchev–Trinajstić information content (AvgIpc) is 2.99. The monoisotopic (exact) mass is 377 g/mol. The molecule has 0 aliphatic carbocycles. The molecule has 0 bridgehead atoms. The topological polar surface area (TPSA) is 56.1 Å². The first kappa shape index (κ1) is 19.7. The van der Waals surface area contributed by atoms with Crippen molar-refractivity contribution in [2.75, 3.05) is 6.61 Å². The van der Waals surface area contributed by atoms with E-state index >= 15 is 0 Å². The number of carbonyl (C=O) groups is 1. The summed E-state index contributed by atoms with van der Waals surface area (Å²) in [6.45, 7) is 9.21. The van der Waals surface area contributed by atoms with Gasteiger partial charge in [-0.3, -0.25) is 9.48 Å². The van der Waals surface area contributed by atoms with Crippen LogP contribution in [0.2, 0.25) is 0 Å². The molecule has 28 heavy (non-hydrogen) atoms. The standard InChI is InChI=1S/C23H27N3O2/c1-5-28-22-11-7-9-20(14-22)18(4)24-23(27)21-10-6-8-19(13-21)15-26-17(3)12-16(2)25-26/h6-14,18H,5,15H2,1-4H3,(H,24,27). The van der Waals surface area contributed by atoms with Crippen LogP contribution in [0, 0.1) is 13.8 Å². The van der Waals surface area contributed by atoms with Gasteiger partial charge in [-0.05, 0) is 69.2 Å². The lowest BCUT2D eigenvalue weighted by Crippen LogP contribution is -2.26. The van der Waals surface area contributed by atoms with Gasteiger partial charge in [-0.1, -0.05) is 24.3 Å². The number of aryl methyl sites for hydroxylation is 2. The minimum Gasteiger partial charge on any atom is -0.494 e. The zero-order valence-electron chi connectivity index (χ0n) is 16.9. The predicted octanol–water partition coefficient (Wildman–Crippen LogP) is 4.44. The van der Waals surface area contributed by atoms with Gasteiger partial charge in [0.1, 0.15) is 5.75 Å². The Morgan fingerprint density at radius 2 is 1.93 bits per heavy atom. The van der Waals surface area contributed by atoms with Gasteiger partial charge in [-0.15, -0.1) is 0 Å². The second kappa shape index (κ2) is 8.74. The van der Waals surface area contributed by atoms with Gasteiger partial charge < -0.3 is 10.1 Å².